The Labute approximate surface area is 140 Å². The molecule has 0 fully saturated rings. The van der Waals surface area contributed by atoms with Gasteiger partial charge < -0.3 is 14.9 Å². The van der Waals surface area contributed by atoms with E-state index in [0.717, 1.165) is 0 Å². The van der Waals surface area contributed by atoms with Crippen LogP contribution in [-0.4, -0.2) is 34.2 Å². The molecule has 0 aromatic heterocycles. The van der Waals surface area contributed by atoms with Gasteiger partial charge in [0.15, 0.2) is 5.41 Å². The summed E-state index contributed by atoms with van der Waals surface area (Å²) in [7, 11) is 0. The molecule has 0 aliphatic rings. The average Bonchev–Trinajstić information content (AvgIpc) is 2.50. The monoisotopic (exact) mass is 334 g/mol. The second kappa shape index (κ2) is 8.29. The Kier molecular flexibility index (Phi) is 6.70. The van der Waals surface area contributed by atoms with Gasteiger partial charge in [-0.25, -0.2) is 4.79 Å². The van der Waals surface area contributed by atoms with Gasteiger partial charge in [0.25, 0.3) is 0 Å². The standard InChI is InChI=1S/C18H22O6/c1-4-5-10-18(16(20)21,17(22)23)11-13-6-8-14(9-7-13)15(19)24-12(2)3/h4,6-9,12H,1,5,10-11H2,2-3H3,(H,20,21)(H,22,23). The van der Waals surface area contributed by atoms with Crippen LogP contribution in [0.5, 0.6) is 0 Å². The summed E-state index contributed by atoms with van der Waals surface area (Å²) in [5, 5.41) is 18.9. The molecule has 0 aliphatic heterocycles. The molecule has 0 heterocycles. The SMILES string of the molecule is C=CCCC(Cc1ccc(C(=O)OC(C)C)cc1)(C(=O)O)C(=O)O. The number of carboxylic acids is 2. The van der Waals surface area contributed by atoms with Crippen LogP contribution in [0.4, 0.5) is 0 Å². The van der Waals surface area contributed by atoms with Crippen molar-refractivity contribution in [3.8, 4) is 0 Å². The van der Waals surface area contributed by atoms with Crippen LogP contribution < -0.4 is 0 Å². The topological polar surface area (TPSA) is 101 Å². The molecule has 6 heteroatoms. The lowest BCUT2D eigenvalue weighted by molar-refractivity contribution is -0.165. The molecule has 0 radical (unpaired) electrons. The van der Waals surface area contributed by atoms with Crippen LogP contribution in [0.15, 0.2) is 36.9 Å². The van der Waals surface area contributed by atoms with E-state index in [4.69, 9.17) is 4.74 Å². The number of hydrogen-bond acceptors (Lipinski definition) is 4. The van der Waals surface area contributed by atoms with Crippen molar-refractivity contribution in [3.63, 3.8) is 0 Å². The summed E-state index contributed by atoms with van der Waals surface area (Å²) < 4.78 is 5.07. The quantitative estimate of drug-likeness (QED) is 0.409. The van der Waals surface area contributed by atoms with Crippen molar-refractivity contribution in [1.29, 1.82) is 0 Å². The number of carbonyl (C=O) groups is 3. The smallest absolute Gasteiger partial charge is 0.338 e. The summed E-state index contributed by atoms with van der Waals surface area (Å²) in [6, 6.07) is 6.10. The Morgan fingerprint density at radius 2 is 1.71 bits per heavy atom. The number of allylic oxidation sites excluding steroid dienone is 1. The first-order valence-corrected chi connectivity index (χ1v) is 7.60. The Morgan fingerprint density at radius 1 is 1.17 bits per heavy atom. The van der Waals surface area contributed by atoms with E-state index in [1.165, 1.54) is 18.2 Å². The van der Waals surface area contributed by atoms with Gasteiger partial charge in [-0.15, -0.1) is 6.58 Å². The van der Waals surface area contributed by atoms with Gasteiger partial charge in [0, 0.05) is 0 Å². The number of hydrogen-bond donors (Lipinski definition) is 2. The van der Waals surface area contributed by atoms with Crippen LogP contribution >= 0.6 is 0 Å². The molecule has 1 aromatic rings. The minimum atomic E-state index is -1.92. The van der Waals surface area contributed by atoms with E-state index in [9.17, 15) is 24.6 Å². The van der Waals surface area contributed by atoms with Gasteiger partial charge in [0.05, 0.1) is 11.7 Å². The fourth-order valence-corrected chi connectivity index (χ4v) is 2.28. The van der Waals surface area contributed by atoms with Crippen molar-refractivity contribution < 1.29 is 29.3 Å². The maximum absolute atomic E-state index is 11.8. The lowest BCUT2D eigenvalue weighted by atomic mass is 9.77. The molecule has 0 atom stereocenters. The third kappa shape index (κ3) is 4.68. The molecule has 24 heavy (non-hydrogen) atoms. The van der Waals surface area contributed by atoms with E-state index in [1.54, 1.807) is 26.0 Å². The highest BCUT2D eigenvalue weighted by Crippen LogP contribution is 2.30. The molecule has 0 amide bonds. The molecule has 0 aliphatic carbocycles. The molecule has 0 bridgehead atoms. The summed E-state index contributed by atoms with van der Waals surface area (Å²) in [4.78, 5) is 34.9. The highest BCUT2D eigenvalue weighted by Gasteiger charge is 2.45. The Balaban J connectivity index is 3.02. The van der Waals surface area contributed by atoms with Crippen molar-refractivity contribution in [2.24, 2.45) is 5.41 Å². The van der Waals surface area contributed by atoms with Crippen LogP contribution in [0.1, 0.15) is 42.6 Å². The fourth-order valence-electron chi connectivity index (χ4n) is 2.28. The van der Waals surface area contributed by atoms with Crippen molar-refractivity contribution in [1.82, 2.24) is 0 Å². The first-order valence-electron chi connectivity index (χ1n) is 7.60. The zero-order chi connectivity index (χ0) is 18.3. The van der Waals surface area contributed by atoms with E-state index in [-0.39, 0.29) is 25.4 Å². The highest BCUT2D eigenvalue weighted by atomic mass is 16.5. The minimum absolute atomic E-state index is 0.0572. The van der Waals surface area contributed by atoms with Crippen molar-refractivity contribution >= 4 is 17.9 Å². The lowest BCUT2D eigenvalue weighted by Crippen LogP contribution is -2.41. The third-order valence-electron chi connectivity index (χ3n) is 3.63. The highest BCUT2D eigenvalue weighted by molar-refractivity contribution is 5.98. The summed E-state index contributed by atoms with van der Waals surface area (Å²) >= 11 is 0. The zero-order valence-corrected chi connectivity index (χ0v) is 13.8. The van der Waals surface area contributed by atoms with Crippen LogP contribution in [0.2, 0.25) is 0 Å². The Bertz CT molecular complexity index is 601. The van der Waals surface area contributed by atoms with Gasteiger partial charge in [0.2, 0.25) is 0 Å². The van der Waals surface area contributed by atoms with Gasteiger partial charge >= 0.3 is 17.9 Å². The fraction of sp³-hybridized carbons (Fsp3) is 0.389. The summed E-state index contributed by atoms with van der Waals surface area (Å²) in [6.45, 7) is 6.98. The number of ether oxygens (including phenoxy) is 1. The van der Waals surface area contributed by atoms with Crippen molar-refractivity contribution in [2.45, 2.75) is 39.2 Å². The zero-order valence-electron chi connectivity index (χ0n) is 13.8. The molecular weight excluding hydrogens is 312 g/mol. The van der Waals surface area contributed by atoms with E-state index < -0.39 is 23.3 Å². The molecule has 0 unspecified atom stereocenters. The first kappa shape index (κ1) is 19.4. The average molecular weight is 334 g/mol. The second-order valence-corrected chi connectivity index (χ2v) is 5.85. The number of carbonyl (C=O) groups excluding carboxylic acids is 1. The van der Waals surface area contributed by atoms with E-state index >= 15 is 0 Å². The molecule has 130 valence electrons. The number of esters is 1. The lowest BCUT2D eigenvalue weighted by Gasteiger charge is -2.24. The molecule has 1 rings (SSSR count). The predicted octanol–water partition coefficient (Wildman–Crippen LogP) is 2.92. The van der Waals surface area contributed by atoms with Crippen molar-refractivity contribution in [3.05, 3.63) is 48.0 Å². The normalized spacial score (nSPS) is 11.1. The minimum Gasteiger partial charge on any atom is -0.480 e. The molecule has 6 nitrogen and oxygen atoms in total. The maximum Gasteiger partial charge on any atom is 0.338 e. The van der Waals surface area contributed by atoms with Gasteiger partial charge in [-0.3, -0.25) is 9.59 Å². The molecular formula is C18H22O6. The predicted molar refractivity (Wildman–Crippen MR) is 87.8 cm³/mol. The molecule has 2 N–H and O–H groups in total. The van der Waals surface area contributed by atoms with Gasteiger partial charge in [0.1, 0.15) is 0 Å². The van der Waals surface area contributed by atoms with Gasteiger partial charge in [-0.1, -0.05) is 18.2 Å². The number of rotatable bonds is 9. The Morgan fingerprint density at radius 3 is 2.12 bits per heavy atom. The third-order valence-corrected chi connectivity index (χ3v) is 3.63. The summed E-state index contributed by atoms with van der Waals surface area (Å²) in [5.41, 5.74) is -1.08. The van der Waals surface area contributed by atoms with Crippen LogP contribution in [0, 0.1) is 5.41 Å². The van der Waals surface area contributed by atoms with Crippen LogP contribution in [0.3, 0.4) is 0 Å². The van der Waals surface area contributed by atoms with Gasteiger partial charge in [-0.05, 0) is 50.8 Å². The second-order valence-electron chi connectivity index (χ2n) is 5.85. The molecule has 1 aromatic carbocycles. The maximum atomic E-state index is 11.8. The number of benzene rings is 1. The van der Waals surface area contributed by atoms with E-state index in [0.29, 0.717) is 11.1 Å². The van der Waals surface area contributed by atoms with Crippen molar-refractivity contribution in [2.75, 3.05) is 0 Å². The summed E-state index contributed by atoms with van der Waals surface area (Å²) in [5.74, 6) is -3.26. The van der Waals surface area contributed by atoms with Crippen LogP contribution in [0.25, 0.3) is 0 Å². The van der Waals surface area contributed by atoms with E-state index in [1.807, 2.05) is 0 Å². The largest absolute Gasteiger partial charge is 0.480 e. The number of aliphatic carboxylic acids is 2. The summed E-state index contributed by atoms with van der Waals surface area (Å²) in [6.07, 6.45) is 1.29. The van der Waals surface area contributed by atoms with E-state index in [2.05, 4.69) is 6.58 Å². The number of carboxylic acid groups (broad SMARTS) is 2. The molecule has 0 saturated carbocycles. The van der Waals surface area contributed by atoms with Crippen LogP contribution in [-0.2, 0) is 20.7 Å². The molecule has 0 spiro atoms. The molecule has 0 saturated heterocycles. The van der Waals surface area contributed by atoms with Gasteiger partial charge in [-0.2, -0.15) is 0 Å². The Hall–Kier alpha value is -2.63. The first-order chi connectivity index (χ1) is 11.2.